The van der Waals surface area contributed by atoms with Crippen LogP contribution >= 0.6 is 23.4 Å². The molecule has 0 spiro atoms. The van der Waals surface area contributed by atoms with E-state index in [0.717, 1.165) is 5.56 Å². The fourth-order valence-corrected chi connectivity index (χ4v) is 2.73. The molecule has 124 valence electrons. The SMILES string of the molecule is CC(Sc1nnc(-c2ccco2)o1)C(=O)NCc1ccc(Cl)cc1. The van der Waals surface area contributed by atoms with Crippen molar-refractivity contribution in [3.05, 3.63) is 53.2 Å². The lowest BCUT2D eigenvalue weighted by atomic mass is 10.2. The van der Waals surface area contributed by atoms with E-state index in [-0.39, 0.29) is 17.0 Å². The van der Waals surface area contributed by atoms with Crippen molar-refractivity contribution in [3.8, 4) is 11.7 Å². The number of carbonyl (C=O) groups excluding carboxylic acids is 1. The number of aromatic nitrogens is 2. The van der Waals surface area contributed by atoms with Crippen LogP contribution in [0.3, 0.4) is 0 Å². The summed E-state index contributed by atoms with van der Waals surface area (Å²) in [7, 11) is 0. The smallest absolute Gasteiger partial charge is 0.284 e. The van der Waals surface area contributed by atoms with E-state index >= 15 is 0 Å². The Balaban J connectivity index is 1.53. The number of nitrogens with one attached hydrogen (secondary N) is 1. The first-order valence-electron chi connectivity index (χ1n) is 7.18. The number of amides is 1. The van der Waals surface area contributed by atoms with Crippen molar-refractivity contribution in [3.63, 3.8) is 0 Å². The van der Waals surface area contributed by atoms with Crippen LogP contribution in [0.2, 0.25) is 5.02 Å². The predicted octanol–water partition coefficient (Wildman–Crippen LogP) is 3.78. The lowest BCUT2D eigenvalue weighted by molar-refractivity contribution is -0.120. The quantitative estimate of drug-likeness (QED) is 0.671. The normalized spacial score (nSPS) is 12.1. The summed E-state index contributed by atoms with van der Waals surface area (Å²) in [5.74, 6) is 0.665. The van der Waals surface area contributed by atoms with Crippen LogP contribution in [0.4, 0.5) is 0 Å². The van der Waals surface area contributed by atoms with E-state index in [0.29, 0.717) is 22.6 Å². The van der Waals surface area contributed by atoms with Crippen molar-refractivity contribution in [2.24, 2.45) is 0 Å². The molecule has 0 saturated carbocycles. The minimum atomic E-state index is -0.373. The van der Waals surface area contributed by atoms with Gasteiger partial charge in [0.25, 0.3) is 11.1 Å². The zero-order valence-electron chi connectivity index (χ0n) is 12.7. The van der Waals surface area contributed by atoms with Gasteiger partial charge < -0.3 is 14.2 Å². The van der Waals surface area contributed by atoms with Gasteiger partial charge in [0.1, 0.15) is 0 Å². The summed E-state index contributed by atoms with van der Waals surface area (Å²) in [5.41, 5.74) is 0.975. The Morgan fingerprint density at radius 2 is 2.08 bits per heavy atom. The number of thioether (sulfide) groups is 1. The zero-order chi connectivity index (χ0) is 16.9. The van der Waals surface area contributed by atoms with Crippen molar-refractivity contribution in [1.29, 1.82) is 0 Å². The Morgan fingerprint density at radius 1 is 1.29 bits per heavy atom. The second-order valence-electron chi connectivity index (χ2n) is 4.95. The molecule has 1 unspecified atom stereocenters. The van der Waals surface area contributed by atoms with Crippen LogP contribution in [0, 0.1) is 0 Å². The Morgan fingerprint density at radius 3 is 2.79 bits per heavy atom. The molecule has 8 heteroatoms. The summed E-state index contributed by atoms with van der Waals surface area (Å²) >= 11 is 7.03. The van der Waals surface area contributed by atoms with E-state index in [9.17, 15) is 4.79 Å². The number of halogens is 1. The summed E-state index contributed by atoms with van der Waals surface area (Å²) in [6.45, 7) is 2.21. The topological polar surface area (TPSA) is 81.2 Å². The number of furan rings is 1. The molecular formula is C16H14ClN3O3S. The molecule has 1 N–H and O–H groups in total. The fraction of sp³-hybridized carbons (Fsp3) is 0.188. The Labute approximate surface area is 147 Å². The van der Waals surface area contributed by atoms with E-state index in [1.54, 1.807) is 31.2 Å². The van der Waals surface area contributed by atoms with Crippen LogP contribution in [0.25, 0.3) is 11.7 Å². The minimum Gasteiger partial charge on any atom is -0.459 e. The average molecular weight is 364 g/mol. The highest BCUT2D eigenvalue weighted by Crippen LogP contribution is 2.26. The highest BCUT2D eigenvalue weighted by atomic mass is 35.5. The van der Waals surface area contributed by atoms with E-state index in [2.05, 4.69) is 15.5 Å². The molecule has 0 aliphatic heterocycles. The van der Waals surface area contributed by atoms with Crippen LogP contribution in [0.5, 0.6) is 0 Å². The zero-order valence-corrected chi connectivity index (χ0v) is 14.3. The lowest BCUT2D eigenvalue weighted by Crippen LogP contribution is -2.30. The molecule has 3 rings (SSSR count). The van der Waals surface area contributed by atoms with Gasteiger partial charge in [0.2, 0.25) is 5.91 Å². The first-order valence-corrected chi connectivity index (χ1v) is 8.44. The van der Waals surface area contributed by atoms with Crippen molar-refractivity contribution in [1.82, 2.24) is 15.5 Å². The van der Waals surface area contributed by atoms with Gasteiger partial charge in [-0.25, -0.2) is 0 Å². The number of rotatable bonds is 6. The molecule has 1 atom stereocenters. The molecule has 0 bridgehead atoms. The van der Waals surface area contributed by atoms with Crippen molar-refractivity contribution < 1.29 is 13.6 Å². The molecule has 0 aliphatic rings. The molecule has 0 aliphatic carbocycles. The molecule has 6 nitrogen and oxygen atoms in total. The first-order chi connectivity index (χ1) is 11.6. The third kappa shape index (κ3) is 4.18. The summed E-state index contributed by atoms with van der Waals surface area (Å²) in [6, 6.07) is 10.8. The molecule has 2 heterocycles. The molecular weight excluding hydrogens is 350 g/mol. The number of carbonyl (C=O) groups is 1. The molecule has 24 heavy (non-hydrogen) atoms. The van der Waals surface area contributed by atoms with E-state index < -0.39 is 0 Å². The highest BCUT2D eigenvalue weighted by Gasteiger charge is 2.19. The molecule has 2 aromatic heterocycles. The molecule has 1 aromatic carbocycles. The molecule has 3 aromatic rings. The summed E-state index contributed by atoms with van der Waals surface area (Å²) in [4.78, 5) is 12.2. The first kappa shape index (κ1) is 16.6. The predicted molar refractivity (Wildman–Crippen MR) is 90.6 cm³/mol. The fourth-order valence-electron chi connectivity index (χ4n) is 1.90. The maximum absolute atomic E-state index is 12.2. The summed E-state index contributed by atoms with van der Waals surface area (Å²) < 4.78 is 10.7. The lowest BCUT2D eigenvalue weighted by Gasteiger charge is -2.09. The van der Waals surface area contributed by atoms with Crippen LogP contribution < -0.4 is 5.32 Å². The number of nitrogens with zero attached hydrogens (tertiary/aromatic N) is 2. The van der Waals surface area contributed by atoms with Gasteiger partial charge in [-0.1, -0.05) is 35.5 Å². The molecule has 0 radical (unpaired) electrons. The van der Waals surface area contributed by atoms with Gasteiger partial charge in [-0.3, -0.25) is 4.79 Å². The number of hydrogen-bond donors (Lipinski definition) is 1. The third-order valence-electron chi connectivity index (χ3n) is 3.17. The van der Waals surface area contributed by atoms with Gasteiger partial charge in [-0.15, -0.1) is 10.2 Å². The molecule has 0 saturated heterocycles. The number of hydrogen-bond acceptors (Lipinski definition) is 6. The number of benzene rings is 1. The van der Waals surface area contributed by atoms with Crippen molar-refractivity contribution >= 4 is 29.3 Å². The maximum atomic E-state index is 12.2. The van der Waals surface area contributed by atoms with Crippen molar-refractivity contribution in [2.75, 3.05) is 0 Å². The maximum Gasteiger partial charge on any atom is 0.284 e. The minimum absolute atomic E-state index is 0.118. The monoisotopic (exact) mass is 363 g/mol. The average Bonchev–Trinajstić information content (AvgIpc) is 3.25. The van der Waals surface area contributed by atoms with Crippen LogP contribution in [0.15, 0.2) is 56.7 Å². The molecule has 1 amide bonds. The third-order valence-corrected chi connectivity index (χ3v) is 4.35. The van der Waals surface area contributed by atoms with Crippen LogP contribution in [-0.4, -0.2) is 21.4 Å². The van der Waals surface area contributed by atoms with Gasteiger partial charge in [-0.05, 0) is 36.8 Å². The largest absolute Gasteiger partial charge is 0.459 e. The van der Waals surface area contributed by atoms with Crippen LogP contribution in [0.1, 0.15) is 12.5 Å². The second-order valence-corrected chi connectivity index (χ2v) is 6.68. The Kier molecular flexibility index (Phi) is 5.22. The van der Waals surface area contributed by atoms with E-state index in [1.807, 2.05) is 12.1 Å². The second kappa shape index (κ2) is 7.55. The van der Waals surface area contributed by atoms with E-state index in [4.69, 9.17) is 20.4 Å². The Bertz CT molecular complexity index is 802. The van der Waals surface area contributed by atoms with Gasteiger partial charge >= 0.3 is 0 Å². The highest BCUT2D eigenvalue weighted by molar-refractivity contribution is 8.00. The van der Waals surface area contributed by atoms with Gasteiger partial charge in [-0.2, -0.15) is 0 Å². The standard InChI is InChI=1S/C16H14ClN3O3S/c1-10(14(21)18-9-11-4-6-12(17)7-5-11)24-16-20-19-15(23-16)13-3-2-8-22-13/h2-8,10H,9H2,1H3,(H,18,21). The summed E-state index contributed by atoms with van der Waals surface area (Å²) in [6.07, 6.45) is 1.53. The van der Waals surface area contributed by atoms with Gasteiger partial charge in [0, 0.05) is 11.6 Å². The molecule has 0 fully saturated rings. The van der Waals surface area contributed by atoms with Crippen molar-refractivity contribution in [2.45, 2.75) is 23.9 Å². The summed E-state index contributed by atoms with van der Waals surface area (Å²) in [5, 5.41) is 11.3. The van der Waals surface area contributed by atoms with Gasteiger partial charge in [0.05, 0.1) is 11.5 Å². The Hall–Kier alpha value is -2.25. The van der Waals surface area contributed by atoms with Gasteiger partial charge in [0.15, 0.2) is 5.76 Å². The van der Waals surface area contributed by atoms with Crippen LogP contribution in [-0.2, 0) is 11.3 Å². The van der Waals surface area contributed by atoms with E-state index in [1.165, 1.54) is 18.0 Å².